The lowest BCUT2D eigenvalue weighted by Crippen LogP contribution is -2.30. The Balaban J connectivity index is 1.75. The van der Waals surface area contributed by atoms with Crippen LogP contribution in [-0.4, -0.2) is 50.9 Å². The third kappa shape index (κ3) is 5.16. The number of halogens is 1. The number of nitrogens with zero attached hydrogens (tertiary/aromatic N) is 5. The summed E-state index contributed by atoms with van der Waals surface area (Å²) in [5, 5.41) is 9.17. The number of hydrogen-bond acceptors (Lipinski definition) is 5. The smallest absolute Gasteiger partial charge is 0.255 e. The highest BCUT2D eigenvalue weighted by atomic mass is 35.5. The van der Waals surface area contributed by atoms with Crippen molar-refractivity contribution < 1.29 is 9.53 Å². The number of nitrogens with one attached hydrogen (secondary N) is 1. The molecule has 0 radical (unpaired) electrons. The summed E-state index contributed by atoms with van der Waals surface area (Å²) in [6.45, 7) is 11.8. The van der Waals surface area contributed by atoms with Crippen LogP contribution in [0.15, 0.2) is 30.6 Å². The number of ether oxygens (including phenoxy) is 1. The molecular formula is C24H31ClN6O2Si. The van der Waals surface area contributed by atoms with Crippen molar-refractivity contribution in [2.45, 2.75) is 52.3 Å². The molecule has 3 aromatic heterocycles. The number of aromatic nitrogens is 5. The molecule has 1 N–H and O–H groups in total. The first-order valence-corrected chi connectivity index (χ1v) is 15.5. The highest BCUT2D eigenvalue weighted by Crippen LogP contribution is 2.30. The molecule has 0 saturated heterocycles. The quantitative estimate of drug-likeness (QED) is 0.270. The topological polar surface area (TPSA) is 86.9 Å². The molecule has 1 aromatic carbocycles. The van der Waals surface area contributed by atoms with Crippen molar-refractivity contribution in [2.75, 3.05) is 6.61 Å². The molecule has 4 aromatic rings. The largest absolute Gasteiger partial charge is 0.361 e. The Labute approximate surface area is 205 Å². The lowest BCUT2D eigenvalue weighted by atomic mass is 10.1. The van der Waals surface area contributed by atoms with E-state index in [0.717, 1.165) is 16.9 Å². The van der Waals surface area contributed by atoms with Crippen molar-refractivity contribution in [3.63, 3.8) is 0 Å². The first-order chi connectivity index (χ1) is 16.0. The van der Waals surface area contributed by atoms with Gasteiger partial charge in [0.15, 0.2) is 5.65 Å². The first-order valence-electron chi connectivity index (χ1n) is 11.4. The number of hydrogen-bond donors (Lipinski definition) is 1. The second-order valence-corrected chi connectivity index (χ2v) is 16.1. The van der Waals surface area contributed by atoms with Crippen LogP contribution in [0.1, 0.15) is 24.2 Å². The third-order valence-electron chi connectivity index (χ3n) is 5.51. The summed E-state index contributed by atoms with van der Waals surface area (Å²) < 4.78 is 9.55. The fourth-order valence-electron chi connectivity index (χ4n) is 3.73. The van der Waals surface area contributed by atoms with E-state index in [-0.39, 0.29) is 11.9 Å². The van der Waals surface area contributed by atoms with Crippen LogP contribution >= 0.6 is 11.6 Å². The van der Waals surface area contributed by atoms with Gasteiger partial charge in [-0.2, -0.15) is 5.10 Å². The van der Waals surface area contributed by atoms with Crippen LogP contribution in [0.4, 0.5) is 0 Å². The SMILES string of the molecule is CC(C)NC(=O)c1cn(COCC[Si](C)(C)C)c2ncc(-c3nn(C)c4cc(Cl)ccc34)nc12. The highest BCUT2D eigenvalue weighted by molar-refractivity contribution is 6.76. The van der Waals surface area contributed by atoms with Gasteiger partial charge in [-0.15, -0.1) is 0 Å². The molecule has 8 nitrogen and oxygen atoms in total. The van der Waals surface area contributed by atoms with Crippen molar-refractivity contribution in [3.05, 3.63) is 41.2 Å². The lowest BCUT2D eigenvalue weighted by molar-refractivity contribution is 0.0890. The molecule has 0 bridgehead atoms. The number of rotatable bonds is 8. The predicted molar refractivity (Wildman–Crippen MR) is 139 cm³/mol. The monoisotopic (exact) mass is 498 g/mol. The first kappa shape index (κ1) is 24.4. The van der Waals surface area contributed by atoms with E-state index in [9.17, 15) is 4.79 Å². The number of amides is 1. The van der Waals surface area contributed by atoms with Crippen LogP contribution in [0, 0.1) is 0 Å². The zero-order valence-electron chi connectivity index (χ0n) is 20.5. The third-order valence-corrected chi connectivity index (χ3v) is 7.45. The van der Waals surface area contributed by atoms with Gasteiger partial charge in [0.2, 0.25) is 0 Å². The summed E-state index contributed by atoms with van der Waals surface area (Å²) >= 11 is 6.17. The summed E-state index contributed by atoms with van der Waals surface area (Å²) in [6.07, 6.45) is 3.47. The molecule has 0 saturated carbocycles. The number of carbonyl (C=O) groups is 1. The van der Waals surface area contributed by atoms with Gasteiger partial charge < -0.3 is 14.6 Å². The normalized spacial score (nSPS) is 12.2. The number of carbonyl (C=O) groups excluding carboxylic acids is 1. The minimum absolute atomic E-state index is 0.000446. The average molecular weight is 499 g/mol. The summed E-state index contributed by atoms with van der Waals surface area (Å²) in [7, 11) is 0.672. The van der Waals surface area contributed by atoms with Gasteiger partial charge in [-0.25, -0.2) is 9.97 Å². The summed E-state index contributed by atoms with van der Waals surface area (Å²) in [6, 6.07) is 6.70. The van der Waals surface area contributed by atoms with Crippen molar-refractivity contribution in [3.8, 4) is 11.4 Å². The van der Waals surface area contributed by atoms with Gasteiger partial charge in [0.05, 0.1) is 17.3 Å². The average Bonchev–Trinajstić information content (AvgIpc) is 3.27. The maximum absolute atomic E-state index is 13.0. The lowest BCUT2D eigenvalue weighted by Gasteiger charge is -2.15. The minimum atomic E-state index is -1.19. The highest BCUT2D eigenvalue weighted by Gasteiger charge is 2.21. The van der Waals surface area contributed by atoms with Gasteiger partial charge in [-0.3, -0.25) is 9.48 Å². The molecule has 180 valence electrons. The second-order valence-electron chi connectivity index (χ2n) is 10.0. The predicted octanol–water partition coefficient (Wildman–Crippen LogP) is 5.09. The van der Waals surface area contributed by atoms with Gasteiger partial charge in [-0.1, -0.05) is 31.2 Å². The van der Waals surface area contributed by atoms with E-state index >= 15 is 0 Å². The van der Waals surface area contributed by atoms with Crippen molar-refractivity contribution in [1.29, 1.82) is 0 Å². The van der Waals surface area contributed by atoms with Crippen molar-refractivity contribution >= 4 is 47.6 Å². The molecule has 34 heavy (non-hydrogen) atoms. The van der Waals surface area contributed by atoms with Crippen LogP contribution in [-0.2, 0) is 18.5 Å². The van der Waals surface area contributed by atoms with E-state index in [2.05, 4.69) is 35.0 Å². The van der Waals surface area contributed by atoms with E-state index in [1.807, 2.05) is 43.7 Å². The number of benzene rings is 1. The fourth-order valence-corrected chi connectivity index (χ4v) is 4.65. The van der Waals surface area contributed by atoms with Gasteiger partial charge in [0, 0.05) is 44.4 Å². The van der Waals surface area contributed by atoms with Gasteiger partial charge in [0.1, 0.15) is 23.6 Å². The molecule has 0 aliphatic heterocycles. The Morgan fingerprint density at radius 1 is 1.26 bits per heavy atom. The number of aryl methyl sites for hydroxylation is 1. The minimum Gasteiger partial charge on any atom is -0.361 e. The second kappa shape index (κ2) is 9.48. The molecule has 0 aliphatic carbocycles. The molecular weight excluding hydrogens is 468 g/mol. The summed E-state index contributed by atoms with van der Waals surface area (Å²) in [5.74, 6) is -0.190. The van der Waals surface area contributed by atoms with Gasteiger partial charge >= 0.3 is 0 Å². The molecule has 3 heterocycles. The van der Waals surface area contributed by atoms with Crippen molar-refractivity contribution in [1.82, 2.24) is 29.6 Å². The molecule has 0 atom stereocenters. The Morgan fingerprint density at radius 3 is 2.74 bits per heavy atom. The maximum Gasteiger partial charge on any atom is 0.255 e. The molecule has 0 spiro atoms. The zero-order valence-corrected chi connectivity index (χ0v) is 22.3. The van der Waals surface area contributed by atoms with Crippen molar-refractivity contribution in [2.24, 2.45) is 7.05 Å². The van der Waals surface area contributed by atoms with Crippen LogP contribution in [0.2, 0.25) is 30.7 Å². The van der Waals surface area contributed by atoms with Crippen LogP contribution in [0.25, 0.3) is 33.5 Å². The zero-order chi connectivity index (χ0) is 24.6. The molecule has 0 fully saturated rings. The molecule has 0 unspecified atom stereocenters. The van der Waals surface area contributed by atoms with Crippen LogP contribution < -0.4 is 5.32 Å². The van der Waals surface area contributed by atoms with E-state index < -0.39 is 8.07 Å². The Kier molecular flexibility index (Phi) is 6.79. The van der Waals surface area contributed by atoms with E-state index in [0.29, 0.717) is 46.5 Å². The fraction of sp³-hybridized carbons (Fsp3) is 0.417. The maximum atomic E-state index is 13.0. The van der Waals surface area contributed by atoms with E-state index in [1.165, 1.54) is 0 Å². The summed E-state index contributed by atoms with van der Waals surface area (Å²) in [4.78, 5) is 22.5. The van der Waals surface area contributed by atoms with Crippen LogP contribution in [0.5, 0.6) is 0 Å². The summed E-state index contributed by atoms with van der Waals surface area (Å²) in [5.41, 5.74) is 3.78. The molecule has 4 rings (SSSR count). The Bertz CT molecular complexity index is 1360. The van der Waals surface area contributed by atoms with E-state index in [1.54, 1.807) is 17.1 Å². The van der Waals surface area contributed by atoms with Gasteiger partial charge in [-0.05, 0) is 38.1 Å². The number of fused-ring (bicyclic) bond motifs is 2. The molecule has 0 aliphatic rings. The standard InChI is InChI=1S/C24H31ClN6O2Si/c1-15(2)27-24(32)18-13-31(14-33-9-10-34(4,5)6)23-22(18)28-19(12-26-23)21-17-8-7-16(25)11-20(17)30(3)29-21/h7-8,11-13,15H,9-10,14H2,1-6H3,(H,27,32). The Morgan fingerprint density at radius 2 is 2.03 bits per heavy atom. The molecule has 1 amide bonds. The molecule has 10 heteroatoms. The van der Waals surface area contributed by atoms with E-state index in [4.69, 9.17) is 21.3 Å². The Hall–Kier alpha value is -2.75. The van der Waals surface area contributed by atoms with Crippen LogP contribution in [0.3, 0.4) is 0 Å². The van der Waals surface area contributed by atoms with Gasteiger partial charge in [0.25, 0.3) is 5.91 Å².